The van der Waals surface area contributed by atoms with Crippen LogP contribution in [-0.2, 0) is 6.54 Å². The molecule has 0 atom stereocenters. The van der Waals surface area contributed by atoms with E-state index in [1.54, 1.807) is 6.07 Å². The number of nitrogens with zero attached hydrogens (tertiary/aromatic N) is 1. The fourth-order valence-electron chi connectivity index (χ4n) is 2.13. The molecule has 116 valence electrons. The van der Waals surface area contributed by atoms with Crippen LogP contribution in [0.1, 0.15) is 5.56 Å². The second-order valence-corrected chi connectivity index (χ2v) is 5.35. The van der Waals surface area contributed by atoms with Crippen molar-refractivity contribution in [2.45, 2.75) is 6.54 Å². The highest BCUT2D eigenvalue weighted by molar-refractivity contribution is 6.30. The van der Waals surface area contributed by atoms with Crippen molar-refractivity contribution in [3.05, 3.63) is 81.4 Å². The van der Waals surface area contributed by atoms with Gasteiger partial charge in [-0.1, -0.05) is 48.0 Å². The van der Waals surface area contributed by atoms with Crippen LogP contribution in [0, 0.1) is 5.82 Å². The number of hydrogen-bond donors (Lipinski definition) is 2. The van der Waals surface area contributed by atoms with Crippen LogP contribution in [0.25, 0.3) is 11.3 Å². The molecule has 2 N–H and O–H groups in total. The summed E-state index contributed by atoms with van der Waals surface area (Å²) in [6, 6.07) is 15.3. The Bertz CT molecular complexity index is 881. The van der Waals surface area contributed by atoms with Gasteiger partial charge in [0.15, 0.2) is 0 Å². The number of benzene rings is 2. The van der Waals surface area contributed by atoms with Crippen LogP contribution in [0.2, 0.25) is 5.02 Å². The molecule has 23 heavy (non-hydrogen) atoms. The zero-order chi connectivity index (χ0) is 16.2. The summed E-state index contributed by atoms with van der Waals surface area (Å²) in [5.74, 6) is -0.121. The van der Waals surface area contributed by atoms with Gasteiger partial charge >= 0.3 is 0 Å². The van der Waals surface area contributed by atoms with Crippen LogP contribution in [0.4, 0.5) is 10.3 Å². The van der Waals surface area contributed by atoms with Crippen molar-refractivity contribution in [1.82, 2.24) is 9.97 Å². The van der Waals surface area contributed by atoms with E-state index in [1.165, 1.54) is 18.2 Å². The largest absolute Gasteiger partial charge is 0.352 e. The van der Waals surface area contributed by atoms with Crippen LogP contribution < -0.4 is 10.9 Å². The molecule has 3 rings (SSSR count). The van der Waals surface area contributed by atoms with Gasteiger partial charge in [-0.3, -0.25) is 9.78 Å². The molecule has 0 aliphatic heterocycles. The molecule has 0 unspecified atom stereocenters. The van der Waals surface area contributed by atoms with Gasteiger partial charge < -0.3 is 5.32 Å². The third-order valence-electron chi connectivity index (χ3n) is 3.26. The average molecular weight is 330 g/mol. The summed E-state index contributed by atoms with van der Waals surface area (Å²) in [4.78, 5) is 18.8. The van der Waals surface area contributed by atoms with Crippen LogP contribution >= 0.6 is 11.6 Å². The van der Waals surface area contributed by atoms with Crippen molar-refractivity contribution in [2.24, 2.45) is 0 Å². The standard InChI is InChI=1S/C17H13ClFN3O/c18-13-8-11(6-7-14(13)19)10-20-17-21-15(9-16(23)22-17)12-4-2-1-3-5-12/h1-9H,10H2,(H2,20,21,22,23). The molecule has 6 heteroatoms. The number of aromatic amines is 1. The van der Waals surface area contributed by atoms with Gasteiger partial charge in [-0.15, -0.1) is 0 Å². The fraction of sp³-hybridized carbons (Fsp3) is 0.0588. The Morgan fingerprint density at radius 3 is 2.65 bits per heavy atom. The molecule has 0 saturated carbocycles. The van der Waals surface area contributed by atoms with Crippen LogP contribution in [0.15, 0.2) is 59.4 Å². The second kappa shape index (κ2) is 6.62. The first-order valence-electron chi connectivity index (χ1n) is 6.96. The van der Waals surface area contributed by atoms with E-state index in [4.69, 9.17) is 11.6 Å². The van der Waals surface area contributed by atoms with Crippen molar-refractivity contribution in [3.8, 4) is 11.3 Å². The minimum absolute atomic E-state index is 0.0591. The van der Waals surface area contributed by atoms with Crippen LogP contribution in [-0.4, -0.2) is 9.97 Å². The Kier molecular flexibility index (Phi) is 4.39. The number of rotatable bonds is 4. The Labute approximate surface area is 137 Å². The van der Waals surface area contributed by atoms with Gasteiger partial charge in [0.2, 0.25) is 5.95 Å². The molecule has 0 aliphatic carbocycles. The molecule has 0 bridgehead atoms. The van der Waals surface area contributed by atoms with Crippen molar-refractivity contribution in [1.29, 1.82) is 0 Å². The molecule has 0 radical (unpaired) electrons. The summed E-state index contributed by atoms with van der Waals surface area (Å²) in [5, 5.41) is 3.07. The monoisotopic (exact) mass is 329 g/mol. The molecule has 1 heterocycles. The summed E-state index contributed by atoms with van der Waals surface area (Å²) >= 11 is 5.75. The highest BCUT2D eigenvalue weighted by atomic mass is 35.5. The second-order valence-electron chi connectivity index (χ2n) is 4.95. The molecule has 0 spiro atoms. The molecular formula is C17H13ClFN3O. The Balaban J connectivity index is 1.82. The summed E-state index contributed by atoms with van der Waals surface area (Å²) in [7, 11) is 0. The van der Waals surface area contributed by atoms with Crippen molar-refractivity contribution in [3.63, 3.8) is 0 Å². The third kappa shape index (κ3) is 3.76. The smallest absolute Gasteiger partial charge is 0.252 e. The molecule has 0 fully saturated rings. The lowest BCUT2D eigenvalue weighted by molar-refractivity contribution is 0.627. The quantitative estimate of drug-likeness (QED) is 0.764. The zero-order valence-electron chi connectivity index (χ0n) is 12.0. The van der Waals surface area contributed by atoms with Gasteiger partial charge in [0.05, 0.1) is 10.7 Å². The topological polar surface area (TPSA) is 57.8 Å². The van der Waals surface area contributed by atoms with E-state index in [-0.39, 0.29) is 10.6 Å². The lowest BCUT2D eigenvalue weighted by Crippen LogP contribution is -2.12. The van der Waals surface area contributed by atoms with E-state index in [0.29, 0.717) is 18.2 Å². The zero-order valence-corrected chi connectivity index (χ0v) is 12.8. The maximum absolute atomic E-state index is 13.1. The number of aromatic nitrogens is 2. The summed E-state index contributed by atoms with van der Waals surface area (Å²) in [6.45, 7) is 0.362. The third-order valence-corrected chi connectivity index (χ3v) is 3.54. The number of hydrogen-bond acceptors (Lipinski definition) is 3. The Morgan fingerprint density at radius 2 is 1.91 bits per heavy atom. The molecular weight excluding hydrogens is 317 g/mol. The van der Waals surface area contributed by atoms with Crippen molar-refractivity contribution in [2.75, 3.05) is 5.32 Å². The average Bonchev–Trinajstić information content (AvgIpc) is 2.56. The minimum atomic E-state index is -0.465. The van der Waals surface area contributed by atoms with E-state index >= 15 is 0 Å². The van der Waals surface area contributed by atoms with Gasteiger partial charge in [-0.25, -0.2) is 9.37 Å². The Hall–Kier alpha value is -2.66. The molecule has 0 saturated heterocycles. The van der Waals surface area contributed by atoms with Gasteiger partial charge in [-0.2, -0.15) is 0 Å². The van der Waals surface area contributed by atoms with Gasteiger partial charge in [0, 0.05) is 18.2 Å². The van der Waals surface area contributed by atoms with Gasteiger partial charge in [0.25, 0.3) is 5.56 Å². The molecule has 0 amide bonds. The minimum Gasteiger partial charge on any atom is -0.352 e. The molecule has 3 aromatic rings. The van der Waals surface area contributed by atoms with E-state index in [0.717, 1.165) is 11.1 Å². The molecule has 4 nitrogen and oxygen atoms in total. The van der Waals surface area contributed by atoms with E-state index in [1.807, 2.05) is 30.3 Å². The van der Waals surface area contributed by atoms with Gasteiger partial charge in [0.1, 0.15) is 5.82 Å². The maximum atomic E-state index is 13.1. The Morgan fingerprint density at radius 1 is 1.13 bits per heavy atom. The molecule has 2 aromatic carbocycles. The summed E-state index contributed by atoms with van der Waals surface area (Å²) < 4.78 is 13.1. The SMILES string of the molecule is O=c1cc(-c2ccccc2)nc(NCc2ccc(F)c(Cl)c2)[nH]1. The number of anilines is 1. The normalized spacial score (nSPS) is 10.5. The predicted octanol–water partition coefficient (Wildman–Crippen LogP) is 3.84. The molecule has 0 aliphatic rings. The van der Waals surface area contributed by atoms with E-state index in [9.17, 15) is 9.18 Å². The first-order chi connectivity index (χ1) is 11.1. The first kappa shape index (κ1) is 15.2. The number of H-pyrrole nitrogens is 1. The lowest BCUT2D eigenvalue weighted by atomic mass is 10.1. The summed E-state index contributed by atoms with van der Waals surface area (Å²) in [5.41, 5.74) is 1.96. The fourth-order valence-corrected chi connectivity index (χ4v) is 2.34. The van der Waals surface area contributed by atoms with Crippen molar-refractivity contribution < 1.29 is 4.39 Å². The maximum Gasteiger partial charge on any atom is 0.252 e. The highest BCUT2D eigenvalue weighted by Crippen LogP contribution is 2.18. The van der Waals surface area contributed by atoms with Crippen LogP contribution in [0.5, 0.6) is 0 Å². The highest BCUT2D eigenvalue weighted by Gasteiger charge is 2.05. The number of halogens is 2. The first-order valence-corrected chi connectivity index (χ1v) is 7.34. The number of nitrogens with one attached hydrogen (secondary N) is 2. The molecule has 1 aromatic heterocycles. The summed E-state index contributed by atoms with van der Waals surface area (Å²) in [6.07, 6.45) is 0. The predicted molar refractivity (Wildman–Crippen MR) is 89.0 cm³/mol. The van der Waals surface area contributed by atoms with Crippen LogP contribution in [0.3, 0.4) is 0 Å². The van der Waals surface area contributed by atoms with Gasteiger partial charge in [-0.05, 0) is 17.7 Å². The van der Waals surface area contributed by atoms with Crippen molar-refractivity contribution >= 4 is 17.5 Å². The lowest BCUT2D eigenvalue weighted by Gasteiger charge is -2.08. The van der Waals surface area contributed by atoms with E-state index < -0.39 is 5.82 Å². The van der Waals surface area contributed by atoms with E-state index in [2.05, 4.69) is 15.3 Å².